The van der Waals surface area contributed by atoms with Crippen LogP contribution in [0, 0.1) is 0 Å². The average Bonchev–Trinajstić information content (AvgIpc) is 2.55. The maximum absolute atomic E-state index is 11.4. The standard InChI is InChI=1S/C17H23N5O/c1-13(11-22(3)12-14-7-5-4-6-8-14)19-16-10-9-15(20-21-16)17(23)18-2/h4-10,13H,11-12H2,1-3H3,(H,18,23)(H,19,21). The van der Waals surface area contributed by atoms with Gasteiger partial charge < -0.3 is 15.5 Å². The molecule has 0 aliphatic carbocycles. The van der Waals surface area contributed by atoms with Crippen molar-refractivity contribution in [3.63, 3.8) is 0 Å². The third-order valence-electron chi connectivity index (χ3n) is 3.40. The molecule has 0 bridgehead atoms. The Morgan fingerprint density at radius 2 is 1.91 bits per heavy atom. The van der Waals surface area contributed by atoms with Crippen molar-refractivity contribution in [2.75, 3.05) is 26.0 Å². The van der Waals surface area contributed by atoms with Gasteiger partial charge in [-0.15, -0.1) is 10.2 Å². The SMILES string of the molecule is CNC(=O)c1ccc(NC(C)CN(C)Cc2ccccc2)nn1. The predicted molar refractivity (Wildman–Crippen MR) is 91.3 cm³/mol. The van der Waals surface area contributed by atoms with Gasteiger partial charge in [0.15, 0.2) is 5.69 Å². The summed E-state index contributed by atoms with van der Waals surface area (Å²) in [6, 6.07) is 14.0. The molecular formula is C17H23N5O. The highest BCUT2D eigenvalue weighted by atomic mass is 16.1. The van der Waals surface area contributed by atoms with Crippen molar-refractivity contribution in [2.45, 2.75) is 19.5 Å². The van der Waals surface area contributed by atoms with Crippen molar-refractivity contribution >= 4 is 11.7 Å². The fourth-order valence-electron chi connectivity index (χ4n) is 2.38. The van der Waals surface area contributed by atoms with Crippen LogP contribution in [-0.4, -0.2) is 47.7 Å². The second-order valence-electron chi connectivity index (χ2n) is 5.61. The number of anilines is 1. The van der Waals surface area contributed by atoms with E-state index in [9.17, 15) is 4.79 Å². The zero-order valence-electron chi connectivity index (χ0n) is 13.8. The summed E-state index contributed by atoms with van der Waals surface area (Å²) in [5.74, 6) is 0.429. The molecule has 0 fully saturated rings. The lowest BCUT2D eigenvalue weighted by Gasteiger charge is -2.22. The molecule has 6 nitrogen and oxygen atoms in total. The van der Waals surface area contributed by atoms with Crippen molar-refractivity contribution in [3.05, 3.63) is 53.7 Å². The first-order chi connectivity index (χ1) is 11.1. The van der Waals surface area contributed by atoms with Gasteiger partial charge in [0.05, 0.1) is 0 Å². The van der Waals surface area contributed by atoms with E-state index in [4.69, 9.17) is 0 Å². The van der Waals surface area contributed by atoms with Crippen LogP contribution >= 0.6 is 0 Å². The molecule has 1 unspecified atom stereocenters. The van der Waals surface area contributed by atoms with Crippen LogP contribution in [0.4, 0.5) is 5.82 Å². The number of likely N-dealkylation sites (N-methyl/N-ethyl adjacent to an activating group) is 1. The smallest absolute Gasteiger partial charge is 0.271 e. The topological polar surface area (TPSA) is 70.2 Å². The molecule has 1 amide bonds. The number of nitrogens with one attached hydrogen (secondary N) is 2. The van der Waals surface area contributed by atoms with Crippen LogP contribution in [0.1, 0.15) is 23.0 Å². The van der Waals surface area contributed by atoms with Gasteiger partial charge in [0.25, 0.3) is 5.91 Å². The molecule has 1 aromatic heterocycles. The molecule has 0 saturated heterocycles. The summed E-state index contributed by atoms with van der Waals surface area (Å²) in [4.78, 5) is 13.7. The fraction of sp³-hybridized carbons (Fsp3) is 0.353. The molecule has 6 heteroatoms. The van der Waals surface area contributed by atoms with Gasteiger partial charge in [-0.25, -0.2) is 0 Å². The van der Waals surface area contributed by atoms with Crippen molar-refractivity contribution in [2.24, 2.45) is 0 Å². The molecule has 0 aliphatic rings. The largest absolute Gasteiger partial charge is 0.365 e. The fourth-order valence-corrected chi connectivity index (χ4v) is 2.38. The highest BCUT2D eigenvalue weighted by molar-refractivity contribution is 5.91. The number of amides is 1. The summed E-state index contributed by atoms with van der Waals surface area (Å²) in [7, 11) is 3.66. The summed E-state index contributed by atoms with van der Waals surface area (Å²) in [6.45, 7) is 3.86. The van der Waals surface area contributed by atoms with E-state index in [1.54, 1.807) is 19.2 Å². The number of carbonyl (C=O) groups excluding carboxylic acids is 1. The van der Waals surface area contributed by atoms with E-state index >= 15 is 0 Å². The Morgan fingerprint density at radius 1 is 1.17 bits per heavy atom. The van der Waals surface area contributed by atoms with E-state index in [2.05, 4.69) is 64.0 Å². The van der Waals surface area contributed by atoms with Crippen LogP contribution in [-0.2, 0) is 6.54 Å². The van der Waals surface area contributed by atoms with Gasteiger partial charge in [-0.05, 0) is 31.7 Å². The van der Waals surface area contributed by atoms with Gasteiger partial charge in [-0.2, -0.15) is 0 Å². The number of nitrogens with zero attached hydrogens (tertiary/aromatic N) is 3. The number of rotatable bonds is 7. The van der Waals surface area contributed by atoms with E-state index in [1.807, 2.05) is 6.07 Å². The highest BCUT2D eigenvalue weighted by Crippen LogP contribution is 2.07. The highest BCUT2D eigenvalue weighted by Gasteiger charge is 2.09. The van der Waals surface area contributed by atoms with E-state index in [1.165, 1.54) is 5.56 Å². The molecule has 2 N–H and O–H groups in total. The number of hydrogen-bond donors (Lipinski definition) is 2. The van der Waals surface area contributed by atoms with Crippen molar-refractivity contribution < 1.29 is 4.79 Å². The number of benzene rings is 1. The number of aromatic nitrogens is 2. The summed E-state index contributed by atoms with van der Waals surface area (Å²) >= 11 is 0. The molecule has 1 aromatic carbocycles. The molecule has 1 atom stereocenters. The summed E-state index contributed by atoms with van der Waals surface area (Å²) in [5.41, 5.74) is 1.60. The van der Waals surface area contributed by atoms with Crippen LogP contribution in [0.5, 0.6) is 0 Å². The van der Waals surface area contributed by atoms with Crippen LogP contribution < -0.4 is 10.6 Å². The maximum Gasteiger partial charge on any atom is 0.271 e. The van der Waals surface area contributed by atoms with Gasteiger partial charge in [0, 0.05) is 26.2 Å². The van der Waals surface area contributed by atoms with Crippen LogP contribution in [0.15, 0.2) is 42.5 Å². The molecule has 122 valence electrons. The Balaban J connectivity index is 1.84. The third-order valence-corrected chi connectivity index (χ3v) is 3.40. The van der Waals surface area contributed by atoms with Gasteiger partial charge >= 0.3 is 0 Å². The van der Waals surface area contributed by atoms with Crippen LogP contribution in [0.2, 0.25) is 0 Å². The molecule has 0 radical (unpaired) electrons. The van der Waals surface area contributed by atoms with E-state index in [0.29, 0.717) is 11.5 Å². The Labute approximate surface area is 136 Å². The van der Waals surface area contributed by atoms with Gasteiger partial charge in [0.2, 0.25) is 0 Å². The molecular weight excluding hydrogens is 290 g/mol. The predicted octanol–water partition coefficient (Wildman–Crippen LogP) is 1.77. The third kappa shape index (κ3) is 5.34. The zero-order chi connectivity index (χ0) is 16.7. The van der Waals surface area contributed by atoms with Crippen molar-refractivity contribution in [1.29, 1.82) is 0 Å². The second-order valence-corrected chi connectivity index (χ2v) is 5.61. The number of hydrogen-bond acceptors (Lipinski definition) is 5. The first kappa shape index (κ1) is 16.9. The van der Waals surface area contributed by atoms with Crippen molar-refractivity contribution in [3.8, 4) is 0 Å². The van der Waals surface area contributed by atoms with E-state index < -0.39 is 0 Å². The molecule has 0 spiro atoms. The first-order valence-corrected chi connectivity index (χ1v) is 7.63. The lowest BCUT2D eigenvalue weighted by molar-refractivity contribution is 0.0957. The Hall–Kier alpha value is -2.47. The molecule has 2 aromatic rings. The normalized spacial score (nSPS) is 12.0. The molecule has 2 rings (SSSR count). The summed E-state index contributed by atoms with van der Waals surface area (Å²) < 4.78 is 0. The molecule has 0 saturated carbocycles. The van der Waals surface area contributed by atoms with Crippen LogP contribution in [0.25, 0.3) is 0 Å². The lowest BCUT2D eigenvalue weighted by Crippen LogP contribution is -2.32. The molecule has 0 aliphatic heterocycles. The summed E-state index contributed by atoms with van der Waals surface area (Å²) in [5, 5.41) is 13.8. The van der Waals surface area contributed by atoms with Gasteiger partial charge in [-0.3, -0.25) is 4.79 Å². The van der Waals surface area contributed by atoms with E-state index in [-0.39, 0.29) is 11.9 Å². The van der Waals surface area contributed by atoms with Gasteiger partial charge in [-0.1, -0.05) is 30.3 Å². The summed E-state index contributed by atoms with van der Waals surface area (Å²) in [6.07, 6.45) is 0. The number of carbonyl (C=O) groups is 1. The van der Waals surface area contributed by atoms with Gasteiger partial charge in [0.1, 0.15) is 5.82 Å². The zero-order valence-corrected chi connectivity index (χ0v) is 13.8. The monoisotopic (exact) mass is 313 g/mol. The minimum atomic E-state index is -0.236. The second kappa shape index (κ2) is 8.24. The minimum Gasteiger partial charge on any atom is -0.365 e. The Kier molecular flexibility index (Phi) is 6.05. The average molecular weight is 313 g/mol. The molecule has 1 heterocycles. The van der Waals surface area contributed by atoms with E-state index in [0.717, 1.165) is 13.1 Å². The maximum atomic E-state index is 11.4. The first-order valence-electron chi connectivity index (χ1n) is 7.63. The Bertz CT molecular complexity index is 615. The van der Waals surface area contributed by atoms with Crippen LogP contribution in [0.3, 0.4) is 0 Å². The Morgan fingerprint density at radius 3 is 2.52 bits per heavy atom. The lowest BCUT2D eigenvalue weighted by atomic mass is 10.2. The quantitative estimate of drug-likeness (QED) is 0.815. The minimum absolute atomic E-state index is 0.212. The van der Waals surface area contributed by atoms with Crippen molar-refractivity contribution in [1.82, 2.24) is 20.4 Å². The molecule has 23 heavy (non-hydrogen) atoms.